The highest BCUT2D eigenvalue weighted by Crippen LogP contribution is 2.70. The highest BCUT2D eigenvalue weighted by Gasteiger charge is 2.53. The fourth-order valence-corrected chi connectivity index (χ4v) is 23.2. The van der Waals surface area contributed by atoms with Crippen LogP contribution in [0.5, 0.6) is 23.0 Å². The van der Waals surface area contributed by atoms with Gasteiger partial charge in [0.25, 0.3) is 0 Å². The summed E-state index contributed by atoms with van der Waals surface area (Å²) in [6.45, 7) is 32.3. The molecule has 0 aliphatic heterocycles. The van der Waals surface area contributed by atoms with Crippen LogP contribution in [0.1, 0.15) is 215 Å². The summed E-state index contributed by atoms with van der Waals surface area (Å²) < 4.78 is 124. The normalized spacial score (nSPS) is 12.6. The highest BCUT2D eigenvalue weighted by molar-refractivity contribution is 7.73. The van der Waals surface area contributed by atoms with E-state index < -0.39 is 99.5 Å². The van der Waals surface area contributed by atoms with Gasteiger partial charge in [-0.05, 0) is 217 Å². The van der Waals surface area contributed by atoms with Crippen LogP contribution in [0.2, 0.25) is 0 Å². The van der Waals surface area contributed by atoms with Gasteiger partial charge >= 0.3 is 54.3 Å². The molecule has 0 spiro atoms. The molecule has 0 aliphatic rings. The molecule has 8 N–H and O–H groups in total. The van der Waals surface area contributed by atoms with Crippen LogP contribution in [0.4, 0.5) is 0 Å². The Labute approximate surface area is 761 Å². The molecule has 129 heavy (non-hydrogen) atoms. The van der Waals surface area contributed by atoms with Crippen LogP contribution in [-0.2, 0) is 164 Å². The number of ether oxygens (including phenoxy) is 4. The largest absolute Gasteiger partial charge is 0.508 e. The number of hydrogen-bond donors (Lipinski definition) is 8. The van der Waals surface area contributed by atoms with Gasteiger partial charge in [0.15, 0.2) is 0 Å². The van der Waals surface area contributed by atoms with E-state index in [4.69, 9.17) is 55.1 Å². The summed E-state index contributed by atoms with van der Waals surface area (Å²) in [5, 5.41) is 56.2. The Hall–Kier alpha value is -7.72. The van der Waals surface area contributed by atoms with Crippen molar-refractivity contribution in [1.29, 1.82) is 0 Å². The van der Waals surface area contributed by atoms with Gasteiger partial charge in [0.1, 0.15) is 45.4 Å². The van der Waals surface area contributed by atoms with E-state index in [1.807, 2.05) is 0 Å². The second-order valence-corrected chi connectivity index (χ2v) is 43.7. The average Bonchev–Trinajstić information content (AvgIpc) is 0.784. The second-order valence-electron chi connectivity index (χ2n) is 34.5. The number of phenolic OH excluding ortho intramolecular Hbond substituents is 4. The summed E-state index contributed by atoms with van der Waals surface area (Å²) in [5.74, 6) is -4.63. The summed E-state index contributed by atoms with van der Waals surface area (Å²) in [5.41, 5.74) is -2.86. The number of phenols is 4. The van der Waals surface area contributed by atoms with Gasteiger partial charge in [0.05, 0.1) is 79.0 Å². The fourth-order valence-electron chi connectivity index (χ4n) is 13.3. The lowest BCUT2D eigenvalue weighted by atomic mass is 10.0. The molecule has 36 nitrogen and oxygen atoms in total. The van der Waals surface area contributed by atoms with Crippen LogP contribution < -0.4 is 21.3 Å². The zero-order chi connectivity index (χ0) is 96.7. The number of benzene rings is 4. The summed E-state index contributed by atoms with van der Waals surface area (Å²) in [7, 11) is -17.3. The number of hydrogen-bond acceptors (Lipinski definition) is 32. The van der Waals surface area contributed by atoms with Crippen molar-refractivity contribution in [3.63, 3.8) is 0 Å². The van der Waals surface area contributed by atoms with Gasteiger partial charge in [-0.25, -0.2) is 0 Å². The third-order valence-electron chi connectivity index (χ3n) is 18.5. The van der Waals surface area contributed by atoms with Crippen molar-refractivity contribution in [3.8, 4) is 23.0 Å². The predicted molar refractivity (Wildman–Crippen MR) is 488 cm³/mol. The molecule has 728 valence electrons. The summed E-state index contributed by atoms with van der Waals surface area (Å²) in [4.78, 5) is 115. The Morgan fingerprint density at radius 2 is 0.512 bits per heavy atom. The van der Waals surface area contributed by atoms with Gasteiger partial charge in [-0.2, -0.15) is 0 Å². The van der Waals surface area contributed by atoms with Crippen molar-refractivity contribution in [2.24, 2.45) is 0 Å². The molecule has 40 heteroatoms. The Bertz CT molecular complexity index is 4100. The highest BCUT2D eigenvalue weighted by atomic mass is 31.2. The second kappa shape index (κ2) is 54.5. The molecule has 0 unspecified atom stereocenters. The SMILES string of the molecule is CCOP(=O)(OCC)C(NC(=O)CCc1ccc(O)c(CN(CCN(CC(=O)OC(C)(C)C)Cc2cc(CCC(=O)NCCCNC(=O)CCc3ccc(O)c(CN(CCN(CC(=O)OC(C)(C)C)Cc4cc(CCC(=O)NC(P(=O)(OCC)OCC)P(=O)(OCC)OCC)ccc4O)CC(=O)OC(C)(C)C)c3)ccc2O)CC(=O)OC(C)(C)C)c1)P(=O)(OCC)OCC. The Balaban J connectivity index is 1.44. The molecule has 0 fully saturated rings. The topological polar surface area (TPSA) is 458 Å². The average molecular weight is 1900 g/mol. The van der Waals surface area contributed by atoms with E-state index in [9.17, 15) is 77.0 Å². The summed E-state index contributed by atoms with van der Waals surface area (Å²) in [6, 6.07) is 19.3. The number of nitrogens with zero attached hydrogens (tertiary/aromatic N) is 4. The van der Waals surface area contributed by atoms with Crippen LogP contribution >= 0.6 is 30.4 Å². The third kappa shape index (κ3) is 42.8. The smallest absolute Gasteiger partial charge is 0.365 e. The maximum atomic E-state index is 14.1. The van der Waals surface area contributed by atoms with E-state index in [0.29, 0.717) is 50.9 Å². The lowest BCUT2D eigenvalue weighted by Crippen LogP contribution is -2.41. The standard InChI is InChI=1S/C89H144N8O28P4/c1-21-114-126(110,115-22-2)84(127(111,116-23-3)117-24-4)92-78(104)44-36-66-32-40-74(100)70(54-66)58-96(62-82(108)124-88(15,16)17)50-48-94(60-80(106)122-86(9,10)11)56-68-52-64(30-38-72(68)98)34-42-76(102)90-46-29-47-91-77(103)43-35-65-31-39-73(99)69(53-65)57-95(61-81(107)123-87(12,13)14)49-51-97(63-83(109)125-89(18,19)20)59-71-55-67(33-41-75(71)101)37-45-79(105)93-85(128(112,118-25-5)119-26-6)129(113,120-27-7)121-28-8/h30-33,38-41,52-55,84-85,98-101H,21-29,34-37,42-51,56-63H2,1-20H3,(H,90,102)(H,91,103)(H,92,104)(H,93,105). The molecule has 0 atom stereocenters. The van der Waals surface area contributed by atoms with Crippen LogP contribution in [0.3, 0.4) is 0 Å². The fraction of sp³-hybridized carbons (Fsp3) is 0.640. The van der Waals surface area contributed by atoms with Crippen LogP contribution in [0.15, 0.2) is 72.8 Å². The maximum Gasteiger partial charge on any atom is 0.365 e. The number of carbonyl (C=O) groups is 8. The van der Waals surface area contributed by atoms with Crippen molar-refractivity contribution in [2.45, 2.75) is 256 Å². The first kappa shape index (κ1) is 114. The van der Waals surface area contributed by atoms with Crippen molar-refractivity contribution in [1.82, 2.24) is 40.9 Å². The number of carbonyl (C=O) groups excluding carboxylic acids is 8. The first-order valence-electron chi connectivity index (χ1n) is 44.0. The molecule has 4 aromatic rings. The van der Waals surface area contributed by atoms with Crippen molar-refractivity contribution >= 4 is 77.9 Å². The van der Waals surface area contributed by atoms with Gasteiger partial charge in [0, 0.05) is 113 Å². The zero-order valence-corrected chi connectivity index (χ0v) is 82.7. The predicted octanol–water partition coefficient (Wildman–Crippen LogP) is 13.4. The molecule has 0 aliphatic carbocycles. The molecule has 0 aromatic heterocycles. The van der Waals surface area contributed by atoms with E-state index in [-0.39, 0.29) is 231 Å². The molecule has 0 radical (unpaired) electrons. The number of esters is 4. The molecule has 0 heterocycles. The number of aryl methyl sites for hydroxylation is 4. The zero-order valence-electron chi connectivity index (χ0n) is 79.2. The summed E-state index contributed by atoms with van der Waals surface area (Å²) >= 11 is 0. The van der Waals surface area contributed by atoms with Gasteiger partial charge in [0.2, 0.25) is 34.7 Å². The van der Waals surface area contributed by atoms with E-state index in [2.05, 4.69) is 21.3 Å². The lowest BCUT2D eigenvalue weighted by Gasteiger charge is -2.31. The van der Waals surface area contributed by atoms with Crippen molar-refractivity contribution in [2.75, 3.05) is 118 Å². The van der Waals surface area contributed by atoms with Crippen LogP contribution in [0, 0.1) is 0 Å². The van der Waals surface area contributed by atoms with Gasteiger partial charge in [-0.15, -0.1) is 0 Å². The minimum Gasteiger partial charge on any atom is -0.508 e. The van der Waals surface area contributed by atoms with Crippen LogP contribution in [-0.4, -0.2) is 239 Å². The Morgan fingerprint density at radius 3 is 0.698 bits per heavy atom. The molecular formula is C89H144N8O28P4. The third-order valence-corrected chi connectivity index (χ3v) is 29.8. The van der Waals surface area contributed by atoms with Gasteiger partial charge < -0.3 is 96.8 Å². The minimum absolute atomic E-state index is 0.0112. The first-order valence-corrected chi connectivity index (χ1v) is 50.5. The molecule has 4 amide bonds. The van der Waals surface area contributed by atoms with E-state index in [0.717, 1.165) is 0 Å². The first-order chi connectivity index (χ1) is 60.4. The van der Waals surface area contributed by atoms with Crippen molar-refractivity contribution < 1.29 is 132 Å². The maximum absolute atomic E-state index is 14.1. The molecule has 0 bridgehead atoms. The molecule has 4 rings (SSSR count). The van der Waals surface area contributed by atoms with E-state index in [1.54, 1.807) is 207 Å². The van der Waals surface area contributed by atoms with Gasteiger partial charge in [-0.3, -0.25) is 76.2 Å². The van der Waals surface area contributed by atoms with Crippen LogP contribution in [0.25, 0.3) is 0 Å². The Kier molecular flexibility index (Phi) is 48.0. The number of aromatic hydroxyl groups is 4. The Morgan fingerprint density at radius 1 is 0.318 bits per heavy atom. The minimum atomic E-state index is -4.33. The van der Waals surface area contributed by atoms with Gasteiger partial charge in [-0.1, -0.05) is 48.5 Å². The monoisotopic (exact) mass is 1900 g/mol. The number of rotatable bonds is 60. The van der Waals surface area contributed by atoms with E-state index in [1.165, 1.54) is 24.3 Å². The lowest BCUT2D eigenvalue weighted by molar-refractivity contribution is -0.158. The molecular weight excluding hydrogens is 1750 g/mol. The summed E-state index contributed by atoms with van der Waals surface area (Å²) in [6.07, 6.45) is 0.762. The van der Waals surface area contributed by atoms with Crippen molar-refractivity contribution in [3.05, 3.63) is 117 Å². The number of amides is 4. The molecule has 0 saturated carbocycles. The quantitative estimate of drug-likeness (QED) is 0.00881. The molecule has 0 saturated heterocycles. The number of nitrogens with one attached hydrogen (secondary N) is 4. The molecule has 4 aromatic carbocycles. The van der Waals surface area contributed by atoms with E-state index >= 15 is 0 Å².